The number of anilines is 1. The molecule has 0 radical (unpaired) electrons. The molecule has 4 nitrogen and oxygen atoms in total. The summed E-state index contributed by atoms with van der Waals surface area (Å²) in [6, 6.07) is 6.15. The Morgan fingerprint density at radius 3 is 2.88 bits per heavy atom. The van der Waals surface area contributed by atoms with Gasteiger partial charge in [-0.05, 0) is 24.1 Å². The number of thiazole rings is 1. The van der Waals surface area contributed by atoms with Crippen molar-refractivity contribution in [2.45, 2.75) is 13.3 Å². The van der Waals surface area contributed by atoms with Crippen LogP contribution in [0.5, 0.6) is 5.75 Å². The van der Waals surface area contributed by atoms with Gasteiger partial charge in [0.05, 0.1) is 12.8 Å². The van der Waals surface area contributed by atoms with Crippen molar-refractivity contribution in [3.63, 3.8) is 0 Å². The van der Waals surface area contributed by atoms with Gasteiger partial charge in [0.1, 0.15) is 5.75 Å². The van der Waals surface area contributed by atoms with Gasteiger partial charge in [-0.15, -0.1) is 11.3 Å². The molecule has 2 aromatic rings. The number of methoxy groups -OCH3 is 1. The van der Waals surface area contributed by atoms with Crippen molar-refractivity contribution in [3.8, 4) is 17.0 Å². The molecule has 0 atom stereocenters. The fourth-order valence-electron chi connectivity index (χ4n) is 1.64. The maximum absolute atomic E-state index is 5.36. The lowest BCUT2D eigenvalue weighted by molar-refractivity contribution is 0.416. The van der Waals surface area contributed by atoms with E-state index in [9.17, 15) is 0 Å². The van der Waals surface area contributed by atoms with Crippen molar-refractivity contribution in [1.82, 2.24) is 4.98 Å². The molecule has 1 heterocycles. The van der Waals surface area contributed by atoms with E-state index < -0.39 is 0 Å². The molecule has 1 aromatic heterocycles. The molecular weight excluding hydrogens is 234 g/mol. The second kappa shape index (κ2) is 5.16. The van der Waals surface area contributed by atoms with Crippen LogP contribution in [0.2, 0.25) is 0 Å². The van der Waals surface area contributed by atoms with Gasteiger partial charge in [0.2, 0.25) is 0 Å². The number of hydrazine groups is 1. The Hall–Kier alpha value is -1.59. The summed E-state index contributed by atoms with van der Waals surface area (Å²) in [5, 5.41) is 2.66. The lowest BCUT2D eigenvalue weighted by atomic mass is 10.1. The van der Waals surface area contributed by atoms with Crippen LogP contribution in [0.15, 0.2) is 23.6 Å². The molecule has 0 saturated heterocycles. The summed E-state index contributed by atoms with van der Waals surface area (Å²) in [5.74, 6) is 6.16. The first kappa shape index (κ1) is 11.9. The summed E-state index contributed by atoms with van der Waals surface area (Å²) >= 11 is 1.47. The van der Waals surface area contributed by atoms with Gasteiger partial charge in [-0.1, -0.05) is 13.0 Å². The van der Waals surface area contributed by atoms with E-state index in [-0.39, 0.29) is 0 Å². The summed E-state index contributed by atoms with van der Waals surface area (Å²) in [4.78, 5) is 4.39. The zero-order valence-corrected chi connectivity index (χ0v) is 10.7. The second-order valence-corrected chi connectivity index (χ2v) is 4.43. The van der Waals surface area contributed by atoms with Gasteiger partial charge in [-0.2, -0.15) is 0 Å². The molecule has 3 N–H and O–H groups in total. The van der Waals surface area contributed by atoms with E-state index >= 15 is 0 Å². The van der Waals surface area contributed by atoms with Gasteiger partial charge in [-0.3, -0.25) is 5.43 Å². The van der Waals surface area contributed by atoms with Crippen LogP contribution < -0.4 is 16.0 Å². The van der Waals surface area contributed by atoms with Gasteiger partial charge >= 0.3 is 0 Å². The third kappa shape index (κ3) is 2.40. The Morgan fingerprint density at radius 2 is 2.29 bits per heavy atom. The van der Waals surface area contributed by atoms with E-state index in [2.05, 4.69) is 29.5 Å². The fourth-order valence-corrected chi connectivity index (χ4v) is 2.26. The normalized spacial score (nSPS) is 10.3. The highest BCUT2D eigenvalue weighted by atomic mass is 32.1. The number of nitrogens with one attached hydrogen (secondary N) is 1. The van der Waals surface area contributed by atoms with Crippen LogP contribution in [0.3, 0.4) is 0 Å². The molecule has 0 aliphatic rings. The van der Waals surface area contributed by atoms with E-state index in [1.54, 1.807) is 7.11 Å². The monoisotopic (exact) mass is 249 g/mol. The largest absolute Gasteiger partial charge is 0.496 e. The summed E-state index contributed by atoms with van der Waals surface area (Å²) in [5.41, 5.74) is 5.70. The predicted octanol–water partition coefficient (Wildman–Crippen LogP) is 2.67. The van der Waals surface area contributed by atoms with Crippen molar-refractivity contribution in [1.29, 1.82) is 0 Å². The molecule has 0 fully saturated rings. The van der Waals surface area contributed by atoms with E-state index in [4.69, 9.17) is 10.6 Å². The summed E-state index contributed by atoms with van der Waals surface area (Å²) < 4.78 is 5.36. The van der Waals surface area contributed by atoms with Gasteiger partial charge in [0.25, 0.3) is 0 Å². The molecule has 0 aliphatic heterocycles. The molecule has 0 saturated carbocycles. The average Bonchev–Trinajstić information content (AvgIpc) is 2.86. The molecule has 5 heteroatoms. The number of benzene rings is 1. The number of ether oxygens (including phenoxy) is 1. The molecule has 2 rings (SSSR count). The van der Waals surface area contributed by atoms with Crippen molar-refractivity contribution in [3.05, 3.63) is 29.1 Å². The van der Waals surface area contributed by atoms with Crippen LogP contribution >= 0.6 is 11.3 Å². The van der Waals surface area contributed by atoms with Crippen LogP contribution in [0.1, 0.15) is 12.5 Å². The molecule has 0 amide bonds. The second-order valence-electron chi connectivity index (χ2n) is 3.57. The zero-order chi connectivity index (χ0) is 12.3. The highest BCUT2D eigenvalue weighted by Gasteiger charge is 2.10. The molecule has 17 heavy (non-hydrogen) atoms. The Morgan fingerprint density at radius 1 is 1.47 bits per heavy atom. The Labute approximate surface area is 104 Å². The number of nitrogens with two attached hydrogens (primary N) is 1. The number of aromatic nitrogens is 1. The van der Waals surface area contributed by atoms with E-state index in [0.29, 0.717) is 5.13 Å². The fraction of sp³-hybridized carbons (Fsp3) is 0.250. The van der Waals surface area contributed by atoms with Crippen molar-refractivity contribution in [2.75, 3.05) is 12.5 Å². The maximum atomic E-state index is 5.36. The third-order valence-electron chi connectivity index (χ3n) is 2.58. The predicted molar refractivity (Wildman–Crippen MR) is 71.3 cm³/mol. The first-order valence-electron chi connectivity index (χ1n) is 5.38. The molecule has 0 bridgehead atoms. The highest BCUT2D eigenvalue weighted by molar-refractivity contribution is 7.14. The van der Waals surface area contributed by atoms with Gasteiger partial charge < -0.3 is 4.74 Å². The molecule has 1 aromatic carbocycles. The highest BCUT2D eigenvalue weighted by Crippen LogP contribution is 2.32. The minimum Gasteiger partial charge on any atom is -0.496 e. The van der Waals surface area contributed by atoms with Crippen LogP contribution in [0, 0.1) is 0 Å². The number of hydrogen-bond acceptors (Lipinski definition) is 5. The Balaban J connectivity index is 2.47. The summed E-state index contributed by atoms with van der Waals surface area (Å²) in [6.07, 6.45) is 0.989. The first-order valence-corrected chi connectivity index (χ1v) is 6.26. The molecule has 0 aliphatic carbocycles. The van der Waals surface area contributed by atoms with Crippen molar-refractivity contribution in [2.24, 2.45) is 5.84 Å². The molecule has 0 spiro atoms. The minimum atomic E-state index is 0.698. The van der Waals surface area contributed by atoms with Gasteiger partial charge in [-0.25, -0.2) is 10.8 Å². The van der Waals surface area contributed by atoms with E-state index in [0.717, 1.165) is 23.4 Å². The van der Waals surface area contributed by atoms with Gasteiger partial charge in [0.15, 0.2) is 5.13 Å². The molecule has 0 unspecified atom stereocenters. The van der Waals surface area contributed by atoms with Crippen molar-refractivity contribution < 1.29 is 4.74 Å². The minimum absolute atomic E-state index is 0.698. The number of hydrogen-bond donors (Lipinski definition) is 2. The Kier molecular flexibility index (Phi) is 3.61. The van der Waals surface area contributed by atoms with Crippen LogP contribution in [-0.4, -0.2) is 12.1 Å². The number of rotatable bonds is 4. The SMILES string of the molecule is CCc1ccc(OC)c(-c2csc(NN)n2)c1. The first-order chi connectivity index (χ1) is 8.28. The van der Waals surface area contributed by atoms with Gasteiger partial charge in [0, 0.05) is 10.9 Å². The van der Waals surface area contributed by atoms with E-state index in [1.165, 1.54) is 16.9 Å². The lowest BCUT2D eigenvalue weighted by Crippen LogP contribution is -2.05. The summed E-state index contributed by atoms with van der Waals surface area (Å²) in [6.45, 7) is 2.12. The van der Waals surface area contributed by atoms with Crippen molar-refractivity contribution >= 4 is 16.5 Å². The molecular formula is C12H15N3OS. The van der Waals surface area contributed by atoms with Crippen LogP contribution in [0.25, 0.3) is 11.3 Å². The van der Waals surface area contributed by atoms with E-state index in [1.807, 2.05) is 11.4 Å². The zero-order valence-electron chi connectivity index (χ0n) is 9.86. The standard InChI is InChI=1S/C12H15N3OS/c1-3-8-4-5-11(16-2)9(6-8)10-7-17-12(14-10)15-13/h4-7H,3,13H2,1-2H3,(H,14,15). The molecule has 90 valence electrons. The average molecular weight is 249 g/mol. The topological polar surface area (TPSA) is 60.2 Å². The number of nitrogen functional groups attached to an aromatic ring is 1. The quantitative estimate of drug-likeness (QED) is 0.646. The Bertz CT molecular complexity index is 510. The van der Waals surface area contributed by atoms with Crippen LogP contribution in [0.4, 0.5) is 5.13 Å². The number of nitrogens with zero attached hydrogens (tertiary/aromatic N) is 1. The number of aryl methyl sites for hydroxylation is 1. The lowest BCUT2D eigenvalue weighted by Gasteiger charge is -2.08. The van der Waals surface area contributed by atoms with Crippen LogP contribution in [-0.2, 0) is 6.42 Å². The third-order valence-corrected chi connectivity index (χ3v) is 3.35. The smallest absolute Gasteiger partial charge is 0.197 e. The maximum Gasteiger partial charge on any atom is 0.197 e. The summed E-state index contributed by atoms with van der Waals surface area (Å²) in [7, 11) is 1.67.